The summed E-state index contributed by atoms with van der Waals surface area (Å²) in [6.07, 6.45) is -0.218. The molecule has 0 aromatic heterocycles. The number of halogens is 1. The number of anilines is 1. The van der Waals surface area contributed by atoms with Gasteiger partial charge in [0.15, 0.2) is 0 Å². The molecule has 0 N–H and O–H groups in total. The van der Waals surface area contributed by atoms with E-state index in [1.165, 1.54) is 13.8 Å². The Bertz CT molecular complexity index is 765. The van der Waals surface area contributed by atoms with E-state index < -0.39 is 40.5 Å². The first-order chi connectivity index (χ1) is 11.9. The second kappa shape index (κ2) is 6.95. The molecular formula is C19H22BrNO5. The Morgan fingerprint density at radius 3 is 2.12 bits per heavy atom. The Morgan fingerprint density at radius 1 is 1.12 bits per heavy atom. The topological polar surface area (TPSA) is 80.8 Å². The maximum absolute atomic E-state index is 13.0. The van der Waals surface area contributed by atoms with Gasteiger partial charge in [0.1, 0.15) is 16.8 Å². The number of carbonyl (C=O) groups is 4. The fraction of sp³-hybridized carbons (Fsp3) is 0.474. The first kappa shape index (κ1) is 20.3. The number of imide groups is 1. The van der Waals surface area contributed by atoms with Gasteiger partial charge in [-0.05, 0) is 58.9 Å². The molecule has 7 heteroatoms. The Kier molecular flexibility index (Phi) is 5.42. The highest BCUT2D eigenvalue weighted by Gasteiger charge is 2.57. The number of hydrogen-bond donors (Lipinski definition) is 0. The number of ether oxygens (including phenoxy) is 1. The van der Waals surface area contributed by atoms with Crippen LogP contribution in [-0.4, -0.2) is 29.2 Å². The molecule has 1 saturated heterocycles. The summed E-state index contributed by atoms with van der Waals surface area (Å²) in [5.41, 5.74) is -2.13. The van der Waals surface area contributed by atoms with Crippen molar-refractivity contribution in [2.45, 2.75) is 46.6 Å². The average Bonchev–Trinajstić information content (AvgIpc) is 2.81. The average molecular weight is 424 g/mol. The highest BCUT2D eigenvalue weighted by atomic mass is 79.9. The highest BCUT2D eigenvalue weighted by Crippen LogP contribution is 2.41. The summed E-state index contributed by atoms with van der Waals surface area (Å²) in [7, 11) is 0. The molecule has 0 bridgehead atoms. The van der Waals surface area contributed by atoms with E-state index in [1.54, 1.807) is 45.0 Å². The third-order valence-corrected chi connectivity index (χ3v) is 5.01. The van der Waals surface area contributed by atoms with Gasteiger partial charge in [0.05, 0.1) is 11.6 Å². The van der Waals surface area contributed by atoms with Gasteiger partial charge in [0.2, 0.25) is 11.8 Å². The first-order valence-corrected chi connectivity index (χ1v) is 9.04. The van der Waals surface area contributed by atoms with E-state index in [1.807, 2.05) is 0 Å². The van der Waals surface area contributed by atoms with Gasteiger partial charge in [0, 0.05) is 10.9 Å². The lowest BCUT2D eigenvalue weighted by atomic mass is 9.73. The second-order valence-corrected chi connectivity index (χ2v) is 8.48. The third-order valence-electron chi connectivity index (χ3n) is 4.48. The molecular weight excluding hydrogens is 402 g/mol. The Labute approximate surface area is 161 Å². The molecule has 2 atom stereocenters. The molecule has 6 nitrogen and oxygen atoms in total. The van der Waals surface area contributed by atoms with Gasteiger partial charge in [-0.1, -0.05) is 15.9 Å². The maximum Gasteiger partial charge on any atom is 0.320 e. The zero-order valence-electron chi connectivity index (χ0n) is 15.5. The van der Waals surface area contributed by atoms with Gasteiger partial charge >= 0.3 is 5.97 Å². The number of benzene rings is 1. The second-order valence-electron chi connectivity index (χ2n) is 7.56. The highest BCUT2D eigenvalue weighted by molar-refractivity contribution is 9.10. The Balaban J connectivity index is 2.40. The molecule has 1 aliphatic rings. The summed E-state index contributed by atoms with van der Waals surface area (Å²) in [6, 6.07) is 6.67. The number of rotatable bonds is 4. The van der Waals surface area contributed by atoms with E-state index in [0.29, 0.717) is 5.69 Å². The Morgan fingerprint density at radius 2 is 1.65 bits per heavy atom. The monoisotopic (exact) mass is 423 g/mol. The van der Waals surface area contributed by atoms with Crippen LogP contribution in [0, 0.1) is 11.3 Å². The van der Waals surface area contributed by atoms with Crippen molar-refractivity contribution >= 4 is 45.2 Å². The van der Waals surface area contributed by atoms with E-state index >= 15 is 0 Å². The predicted octanol–water partition coefficient (Wildman–Crippen LogP) is 3.27. The number of carbonyl (C=O) groups excluding carboxylic acids is 4. The molecule has 0 radical (unpaired) electrons. The standard InChI is InChI=1S/C19H22BrNO5/c1-11(22)19(5,17(25)26-18(2,3)4)14-10-15(23)21(16(14)24)13-8-6-12(20)7-9-13/h6-9,14H,10H2,1-5H3/t14-,19+/m1/s1. The van der Waals surface area contributed by atoms with Gasteiger partial charge in [-0.2, -0.15) is 0 Å². The van der Waals surface area contributed by atoms with E-state index in [-0.39, 0.29) is 6.42 Å². The fourth-order valence-electron chi connectivity index (χ4n) is 2.86. The van der Waals surface area contributed by atoms with Crippen LogP contribution < -0.4 is 4.90 Å². The fourth-order valence-corrected chi connectivity index (χ4v) is 3.12. The van der Waals surface area contributed by atoms with Gasteiger partial charge in [-0.25, -0.2) is 0 Å². The van der Waals surface area contributed by atoms with E-state index in [2.05, 4.69) is 15.9 Å². The SMILES string of the molecule is CC(=O)[C@](C)(C(=O)OC(C)(C)C)[C@@H]1CC(=O)N(c2ccc(Br)cc2)C1=O. The molecule has 140 valence electrons. The van der Waals surface area contributed by atoms with Crippen LogP contribution in [0.25, 0.3) is 0 Å². The van der Waals surface area contributed by atoms with Gasteiger partial charge in [0.25, 0.3) is 0 Å². The minimum absolute atomic E-state index is 0.218. The Hall–Kier alpha value is -2.02. The summed E-state index contributed by atoms with van der Waals surface area (Å²) in [5.74, 6) is -3.40. The number of esters is 1. The maximum atomic E-state index is 13.0. The molecule has 2 amide bonds. The van der Waals surface area contributed by atoms with Crippen LogP contribution in [0.2, 0.25) is 0 Å². The van der Waals surface area contributed by atoms with Crippen LogP contribution in [-0.2, 0) is 23.9 Å². The van der Waals surface area contributed by atoms with Gasteiger partial charge in [-0.3, -0.25) is 24.1 Å². The van der Waals surface area contributed by atoms with Crippen molar-refractivity contribution in [3.8, 4) is 0 Å². The van der Waals surface area contributed by atoms with Crippen molar-refractivity contribution in [3.63, 3.8) is 0 Å². The molecule has 2 rings (SSSR count). The van der Waals surface area contributed by atoms with Gasteiger partial charge in [-0.15, -0.1) is 0 Å². The molecule has 1 aromatic carbocycles. The van der Waals surface area contributed by atoms with Crippen molar-refractivity contribution < 1.29 is 23.9 Å². The molecule has 0 aliphatic carbocycles. The molecule has 0 saturated carbocycles. The number of ketones is 1. The van der Waals surface area contributed by atoms with E-state index in [0.717, 1.165) is 9.37 Å². The van der Waals surface area contributed by atoms with Crippen molar-refractivity contribution in [1.29, 1.82) is 0 Å². The minimum atomic E-state index is -1.72. The van der Waals surface area contributed by atoms with Crippen LogP contribution in [0.5, 0.6) is 0 Å². The van der Waals surface area contributed by atoms with Crippen molar-refractivity contribution in [3.05, 3.63) is 28.7 Å². The number of hydrogen-bond acceptors (Lipinski definition) is 5. The van der Waals surface area contributed by atoms with Crippen LogP contribution in [0.4, 0.5) is 5.69 Å². The van der Waals surface area contributed by atoms with Crippen LogP contribution in [0.15, 0.2) is 28.7 Å². The van der Waals surface area contributed by atoms with Crippen molar-refractivity contribution in [2.75, 3.05) is 4.90 Å². The smallest absolute Gasteiger partial charge is 0.320 e. The number of Topliss-reactive ketones (excluding diaryl/α,β-unsaturated/α-hetero) is 1. The lowest BCUT2D eigenvalue weighted by molar-refractivity contribution is -0.173. The molecule has 0 spiro atoms. The number of amides is 2. The zero-order chi connectivity index (χ0) is 19.9. The van der Waals surface area contributed by atoms with Gasteiger partial charge < -0.3 is 4.74 Å². The number of nitrogens with zero attached hydrogens (tertiary/aromatic N) is 1. The molecule has 1 fully saturated rings. The summed E-state index contributed by atoms with van der Waals surface area (Å²) in [4.78, 5) is 51.5. The van der Waals surface area contributed by atoms with Crippen LogP contribution >= 0.6 is 15.9 Å². The van der Waals surface area contributed by atoms with E-state index in [4.69, 9.17) is 4.74 Å². The lowest BCUT2D eigenvalue weighted by Gasteiger charge is -2.32. The molecule has 0 unspecified atom stereocenters. The molecule has 1 aliphatic heterocycles. The molecule has 1 heterocycles. The van der Waals surface area contributed by atoms with Crippen molar-refractivity contribution in [1.82, 2.24) is 0 Å². The van der Waals surface area contributed by atoms with Crippen molar-refractivity contribution in [2.24, 2.45) is 11.3 Å². The van der Waals surface area contributed by atoms with Crippen LogP contribution in [0.3, 0.4) is 0 Å². The molecule has 26 heavy (non-hydrogen) atoms. The third kappa shape index (κ3) is 3.72. The van der Waals surface area contributed by atoms with E-state index in [9.17, 15) is 19.2 Å². The van der Waals surface area contributed by atoms with Crippen LogP contribution in [0.1, 0.15) is 41.0 Å². The summed E-state index contributed by atoms with van der Waals surface area (Å²) in [6.45, 7) is 7.66. The molecule has 1 aromatic rings. The summed E-state index contributed by atoms with van der Waals surface area (Å²) < 4.78 is 6.17. The lowest BCUT2D eigenvalue weighted by Crippen LogP contribution is -2.48. The minimum Gasteiger partial charge on any atom is -0.459 e. The quantitative estimate of drug-likeness (QED) is 0.421. The first-order valence-electron chi connectivity index (χ1n) is 8.25. The zero-order valence-corrected chi connectivity index (χ0v) is 17.0. The normalized spacial score (nSPS) is 20.1. The summed E-state index contributed by atoms with van der Waals surface area (Å²) in [5, 5.41) is 0. The predicted molar refractivity (Wildman–Crippen MR) is 99.4 cm³/mol. The summed E-state index contributed by atoms with van der Waals surface area (Å²) >= 11 is 3.30. The largest absolute Gasteiger partial charge is 0.459 e.